The van der Waals surface area contributed by atoms with Gasteiger partial charge in [0.25, 0.3) is 5.91 Å². The number of aromatic nitrogens is 1. The third-order valence-electron chi connectivity index (χ3n) is 6.70. The van der Waals surface area contributed by atoms with Crippen LogP contribution >= 0.6 is 23.7 Å². The van der Waals surface area contributed by atoms with Crippen LogP contribution in [0.3, 0.4) is 0 Å². The molecule has 0 atom stereocenters. The SMILES string of the molecule is COc1ccc(OC)c2sc(N3CCN(CCNC(=O)c4ccc(C(=O)c5ccccc5)cc4)CC3)nc12.Cl. The fourth-order valence-electron chi connectivity index (χ4n) is 4.53. The molecule has 5 rings (SSSR count). The first-order chi connectivity index (χ1) is 18.6. The van der Waals surface area contributed by atoms with E-state index in [9.17, 15) is 9.59 Å². The lowest BCUT2D eigenvalue weighted by molar-refractivity contribution is 0.0946. The van der Waals surface area contributed by atoms with Crippen molar-refractivity contribution >= 4 is 50.8 Å². The van der Waals surface area contributed by atoms with E-state index in [0.717, 1.165) is 59.6 Å². The average Bonchev–Trinajstić information content (AvgIpc) is 3.43. The Labute approximate surface area is 238 Å². The summed E-state index contributed by atoms with van der Waals surface area (Å²) in [6, 6.07) is 19.7. The molecule has 1 fully saturated rings. The Hall–Kier alpha value is -3.66. The quantitative estimate of drug-likeness (QED) is 0.298. The Bertz CT molecular complexity index is 1380. The first-order valence-corrected chi connectivity index (χ1v) is 13.4. The van der Waals surface area contributed by atoms with Crippen LogP contribution in [0.5, 0.6) is 11.5 Å². The number of thiazole rings is 1. The summed E-state index contributed by atoms with van der Waals surface area (Å²) in [6.45, 7) is 4.81. The maximum absolute atomic E-state index is 12.6. The average molecular weight is 567 g/mol. The van der Waals surface area contributed by atoms with Crippen molar-refractivity contribution in [3.63, 3.8) is 0 Å². The first kappa shape index (κ1) is 28.4. The fraction of sp³-hybridized carbons (Fsp3) is 0.276. The lowest BCUT2D eigenvalue weighted by atomic mass is 10.0. The van der Waals surface area contributed by atoms with E-state index in [1.54, 1.807) is 62.0 Å². The molecule has 1 aliphatic rings. The second kappa shape index (κ2) is 12.9. The summed E-state index contributed by atoms with van der Waals surface area (Å²) in [5.41, 5.74) is 2.57. The van der Waals surface area contributed by atoms with Crippen molar-refractivity contribution in [3.8, 4) is 11.5 Å². The second-order valence-corrected chi connectivity index (χ2v) is 9.98. The highest BCUT2D eigenvalue weighted by atomic mass is 35.5. The lowest BCUT2D eigenvalue weighted by Crippen LogP contribution is -2.48. The van der Waals surface area contributed by atoms with Crippen molar-refractivity contribution < 1.29 is 19.1 Å². The van der Waals surface area contributed by atoms with Gasteiger partial charge >= 0.3 is 0 Å². The van der Waals surface area contributed by atoms with Gasteiger partial charge in [0.15, 0.2) is 10.9 Å². The Morgan fingerprint density at radius 2 is 1.46 bits per heavy atom. The van der Waals surface area contributed by atoms with Gasteiger partial charge in [0, 0.05) is 56.0 Å². The van der Waals surface area contributed by atoms with Gasteiger partial charge in [-0.1, -0.05) is 53.8 Å². The van der Waals surface area contributed by atoms with Gasteiger partial charge in [0.05, 0.1) is 14.2 Å². The molecule has 1 N–H and O–H groups in total. The standard InChI is InChI=1S/C29H30N4O4S.ClH/c1-36-23-12-13-24(37-2)27-25(23)31-29(38-27)33-18-16-32(17-19-33)15-14-30-28(35)22-10-8-21(9-11-22)26(34)20-6-4-3-5-7-20;/h3-13H,14-19H2,1-2H3,(H,30,35);1H. The molecule has 3 aromatic carbocycles. The van der Waals surface area contributed by atoms with Crippen LogP contribution in [0.15, 0.2) is 66.7 Å². The maximum Gasteiger partial charge on any atom is 0.251 e. The van der Waals surface area contributed by atoms with Gasteiger partial charge in [0.1, 0.15) is 21.7 Å². The molecule has 2 heterocycles. The lowest BCUT2D eigenvalue weighted by Gasteiger charge is -2.34. The van der Waals surface area contributed by atoms with Crippen LogP contribution in [0.2, 0.25) is 0 Å². The van der Waals surface area contributed by atoms with Crippen molar-refractivity contribution in [1.29, 1.82) is 0 Å². The molecule has 1 aromatic heterocycles. The van der Waals surface area contributed by atoms with E-state index in [0.29, 0.717) is 23.2 Å². The van der Waals surface area contributed by atoms with Gasteiger partial charge in [-0.15, -0.1) is 12.4 Å². The number of hydrogen-bond donors (Lipinski definition) is 1. The number of amides is 1. The topological polar surface area (TPSA) is 84.0 Å². The molecule has 0 radical (unpaired) electrons. The molecule has 0 unspecified atom stereocenters. The van der Waals surface area contributed by atoms with Gasteiger partial charge in [-0.2, -0.15) is 0 Å². The zero-order chi connectivity index (χ0) is 26.5. The summed E-state index contributed by atoms with van der Waals surface area (Å²) >= 11 is 1.62. The van der Waals surface area contributed by atoms with E-state index in [1.807, 2.05) is 30.3 Å². The molecule has 8 nitrogen and oxygen atoms in total. The monoisotopic (exact) mass is 566 g/mol. The van der Waals surface area contributed by atoms with Crippen molar-refractivity contribution in [2.75, 3.05) is 58.4 Å². The van der Waals surface area contributed by atoms with Crippen molar-refractivity contribution in [2.45, 2.75) is 0 Å². The Morgan fingerprint density at radius 3 is 2.13 bits per heavy atom. The number of nitrogens with one attached hydrogen (secondary N) is 1. The van der Waals surface area contributed by atoms with Crippen LogP contribution in [0.25, 0.3) is 10.2 Å². The first-order valence-electron chi connectivity index (χ1n) is 12.5. The summed E-state index contributed by atoms with van der Waals surface area (Å²) in [5, 5.41) is 3.96. The highest BCUT2D eigenvalue weighted by Crippen LogP contribution is 2.40. The third-order valence-corrected chi connectivity index (χ3v) is 7.83. The van der Waals surface area contributed by atoms with Gasteiger partial charge in [0.2, 0.25) is 0 Å². The molecule has 1 saturated heterocycles. The Morgan fingerprint density at radius 1 is 0.846 bits per heavy atom. The number of carbonyl (C=O) groups excluding carboxylic acids is 2. The number of ketones is 1. The minimum absolute atomic E-state index is 0. The van der Waals surface area contributed by atoms with Crippen LogP contribution in [0.4, 0.5) is 5.13 Å². The minimum Gasteiger partial charge on any atom is -0.495 e. The molecular weight excluding hydrogens is 536 g/mol. The van der Waals surface area contributed by atoms with E-state index in [2.05, 4.69) is 15.1 Å². The number of rotatable bonds is 9. The zero-order valence-electron chi connectivity index (χ0n) is 21.9. The molecule has 39 heavy (non-hydrogen) atoms. The van der Waals surface area contributed by atoms with E-state index in [1.165, 1.54) is 0 Å². The zero-order valence-corrected chi connectivity index (χ0v) is 23.5. The highest BCUT2D eigenvalue weighted by molar-refractivity contribution is 7.22. The number of halogens is 1. The largest absolute Gasteiger partial charge is 0.495 e. The number of fused-ring (bicyclic) bond motifs is 1. The molecule has 4 aromatic rings. The van der Waals surface area contributed by atoms with E-state index in [4.69, 9.17) is 14.5 Å². The molecule has 0 saturated carbocycles. The van der Waals surface area contributed by atoms with Crippen LogP contribution in [-0.4, -0.2) is 75.1 Å². The van der Waals surface area contributed by atoms with Crippen LogP contribution in [0.1, 0.15) is 26.3 Å². The molecule has 1 aliphatic heterocycles. The number of hydrogen-bond acceptors (Lipinski definition) is 8. The number of piperazine rings is 1. The maximum atomic E-state index is 12.6. The fourth-order valence-corrected chi connectivity index (χ4v) is 5.66. The number of carbonyl (C=O) groups is 2. The normalized spacial score (nSPS) is 13.5. The van der Waals surface area contributed by atoms with Gasteiger partial charge in [-0.3, -0.25) is 14.5 Å². The van der Waals surface area contributed by atoms with Gasteiger partial charge < -0.3 is 19.7 Å². The van der Waals surface area contributed by atoms with Gasteiger partial charge in [-0.05, 0) is 24.3 Å². The van der Waals surface area contributed by atoms with Crippen molar-refractivity contribution in [1.82, 2.24) is 15.2 Å². The molecule has 204 valence electrons. The van der Waals surface area contributed by atoms with Crippen LogP contribution in [-0.2, 0) is 0 Å². The minimum atomic E-state index is -0.139. The summed E-state index contributed by atoms with van der Waals surface area (Å²) in [6.07, 6.45) is 0. The number of anilines is 1. The van der Waals surface area contributed by atoms with E-state index < -0.39 is 0 Å². The second-order valence-electron chi connectivity index (χ2n) is 9.00. The number of nitrogens with zero attached hydrogens (tertiary/aromatic N) is 3. The smallest absolute Gasteiger partial charge is 0.251 e. The van der Waals surface area contributed by atoms with E-state index >= 15 is 0 Å². The summed E-state index contributed by atoms with van der Waals surface area (Å²) in [7, 11) is 3.32. The Kier molecular flexibility index (Phi) is 9.40. The van der Waals surface area contributed by atoms with Crippen molar-refractivity contribution in [3.05, 3.63) is 83.4 Å². The molecule has 10 heteroatoms. The predicted molar refractivity (Wildman–Crippen MR) is 157 cm³/mol. The Balaban J connectivity index is 0.00000353. The van der Waals surface area contributed by atoms with E-state index in [-0.39, 0.29) is 24.1 Å². The van der Waals surface area contributed by atoms with Crippen LogP contribution < -0.4 is 19.7 Å². The summed E-state index contributed by atoms with van der Waals surface area (Å²) in [5.74, 6) is 1.35. The third kappa shape index (κ3) is 6.33. The highest BCUT2D eigenvalue weighted by Gasteiger charge is 2.22. The molecule has 0 spiro atoms. The summed E-state index contributed by atoms with van der Waals surface area (Å²) in [4.78, 5) is 34.6. The predicted octanol–water partition coefficient (Wildman–Crippen LogP) is 4.52. The molecule has 1 amide bonds. The number of methoxy groups -OCH3 is 2. The van der Waals surface area contributed by atoms with Crippen molar-refractivity contribution in [2.24, 2.45) is 0 Å². The summed E-state index contributed by atoms with van der Waals surface area (Å²) < 4.78 is 12.0. The molecule has 0 bridgehead atoms. The molecule has 0 aliphatic carbocycles. The number of ether oxygens (including phenoxy) is 2. The van der Waals surface area contributed by atoms with Crippen LogP contribution in [0, 0.1) is 0 Å². The number of benzene rings is 3. The molecular formula is C29H31ClN4O4S. The van der Waals surface area contributed by atoms with Gasteiger partial charge in [-0.25, -0.2) is 4.98 Å².